The molecule has 1 N–H and O–H groups in total. The Morgan fingerprint density at radius 1 is 1.29 bits per heavy atom. The van der Waals surface area contributed by atoms with Crippen LogP contribution >= 0.6 is 0 Å². The highest BCUT2D eigenvalue weighted by atomic mass is 15.1. The molecule has 1 aromatic carbocycles. The van der Waals surface area contributed by atoms with E-state index in [1.165, 1.54) is 11.1 Å². The third-order valence-electron chi connectivity index (χ3n) is 3.52. The molecule has 1 aliphatic carbocycles. The van der Waals surface area contributed by atoms with E-state index in [1.54, 1.807) is 0 Å². The number of benzene rings is 1. The number of hydrogen-bond acceptors (Lipinski definition) is 2. The molecular weight excluding hydrogens is 210 g/mol. The van der Waals surface area contributed by atoms with Gasteiger partial charge in [0.1, 0.15) is 5.82 Å². The van der Waals surface area contributed by atoms with Gasteiger partial charge in [-0.2, -0.15) is 0 Å². The first-order chi connectivity index (χ1) is 8.33. The molecule has 0 saturated heterocycles. The van der Waals surface area contributed by atoms with E-state index in [0.717, 1.165) is 25.2 Å². The van der Waals surface area contributed by atoms with E-state index in [4.69, 9.17) is 0 Å². The van der Waals surface area contributed by atoms with Gasteiger partial charge < -0.3 is 9.88 Å². The highest BCUT2D eigenvalue weighted by Crippen LogP contribution is 2.21. The fourth-order valence-electron chi connectivity index (χ4n) is 2.51. The molecule has 17 heavy (non-hydrogen) atoms. The number of nitrogens with zero attached hydrogens (tertiary/aromatic N) is 2. The van der Waals surface area contributed by atoms with Crippen LogP contribution in [0.2, 0.25) is 0 Å². The monoisotopic (exact) mass is 227 g/mol. The van der Waals surface area contributed by atoms with Crippen LogP contribution in [-0.2, 0) is 26.4 Å². The third-order valence-corrected chi connectivity index (χ3v) is 3.52. The van der Waals surface area contributed by atoms with Crippen molar-refractivity contribution in [3.8, 4) is 0 Å². The number of aryl methyl sites for hydroxylation is 1. The van der Waals surface area contributed by atoms with E-state index in [2.05, 4.69) is 39.1 Å². The SMILES string of the molecule is Cn1ccnc1CNC1Cc2ccccc2C1. The highest BCUT2D eigenvalue weighted by Gasteiger charge is 2.20. The zero-order valence-electron chi connectivity index (χ0n) is 10.1. The molecule has 3 rings (SSSR count). The number of rotatable bonds is 3. The first-order valence-corrected chi connectivity index (χ1v) is 6.09. The van der Waals surface area contributed by atoms with Crippen LogP contribution in [0.15, 0.2) is 36.7 Å². The van der Waals surface area contributed by atoms with Crippen molar-refractivity contribution in [2.24, 2.45) is 7.05 Å². The maximum absolute atomic E-state index is 4.33. The van der Waals surface area contributed by atoms with Crippen LogP contribution in [0.4, 0.5) is 0 Å². The predicted octanol–water partition coefficient (Wildman–Crippen LogP) is 1.68. The Bertz CT molecular complexity index is 491. The standard InChI is InChI=1S/C14H17N3/c1-17-7-6-15-14(17)10-16-13-8-11-4-2-3-5-12(11)9-13/h2-7,13,16H,8-10H2,1H3. The lowest BCUT2D eigenvalue weighted by Gasteiger charge is -2.11. The van der Waals surface area contributed by atoms with E-state index >= 15 is 0 Å². The molecule has 2 aromatic rings. The second kappa shape index (κ2) is 4.34. The van der Waals surface area contributed by atoms with Gasteiger partial charge in [-0.15, -0.1) is 0 Å². The Hall–Kier alpha value is -1.61. The molecule has 0 unspecified atom stereocenters. The Labute approximate surface area is 101 Å². The second-order valence-corrected chi connectivity index (χ2v) is 4.71. The van der Waals surface area contributed by atoms with Gasteiger partial charge in [-0.05, 0) is 24.0 Å². The molecule has 0 saturated carbocycles. The quantitative estimate of drug-likeness (QED) is 0.864. The molecule has 0 radical (unpaired) electrons. The largest absolute Gasteiger partial charge is 0.337 e. The smallest absolute Gasteiger partial charge is 0.122 e. The summed E-state index contributed by atoms with van der Waals surface area (Å²) in [5, 5.41) is 3.59. The van der Waals surface area contributed by atoms with E-state index < -0.39 is 0 Å². The Morgan fingerprint density at radius 3 is 2.59 bits per heavy atom. The van der Waals surface area contributed by atoms with E-state index in [9.17, 15) is 0 Å². The van der Waals surface area contributed by atoms with E-state index in [0.29, 0.717) is 6.04 Å². The zero-order chi connectivity index (χ0) is 11.7. The van der Waals surface area contributed by atoms with Crippen LogP contribution in [0.1, 0.15) is 17.0 Å². The lowest BCUT2D eigenvalue weighted by Crippen LogP contribution is -2.30. The molecular formula is C14H17N3. The summed E-state index contributed by atoms with van der Waals surface area (Å²) in [5.74, 6) is 1.10. The van der Waals surface area contributed by atoms with Crippen LogP contribution in [0.3, 0.4) is 0 Å². The van der Waals surface area contributed by atoms with E-state index in [1.807, 2.05) is 19.4 Å². The summed E-state index contributed by atoms with van der Waals surface area (Å²) in [7, 11) is 2.04. The van der Waals surface area contributed by atoms with Crippen LogP contribution in [-0.4, -0.2) is 15.6 Å². The van der Waals surface area contributed by atoms with Crippen LogP contribution in [0.25, 0.3) is 0 Å². The average molecular weight is 227 g/mol. The van der Waals surface area contributed by atoms with Gasteiger partial charge in [-0.3, -0.25) is 0 Å². The van der Waals surface area contributed by atoms with Crippen LogP contribution < -0.4 is 5.32 Å². The molecule has 1 aromatic heterocycles. The minimum Gasteiger partial charge on any atom is -0.337 e. The van der Waals surface area contributed by atoms with Crippen molar-refractivity contribution in [2.45, 2.75) is 25.4 Å². The first kappa shape index (κ1) is 10.5. The number of imidazole rings is 1. The van der Waals surface area contributed by atoms with Gasteiger partial charge >= 0.3 is 0 Å². The maximum Gasteiger partial charge on any atom is 0.122 e. The van der Waals surface area contributed by atoms with Crippen molar-refractivity contribution in [3.05, 3.63) is 53.6 Å². The fourth-order valence-corrected chi connectivity index (χ4v) is 2.51. The van der Waals surface area contributed by atoms with Gasteiger partial charge in [-0.25, -0.2) is 4.98 Å². The molecule has 88 valence electrons. The minimum atomic E-state index is 0.559. The molecule has 0 amide bonds. The zero-order valence-corrected chi connectivity index (χ0v) is 10.1. The summed E-state index contributed by atoms with van der Waals surface area (Å²) in [6, 6.07) is 9.28. The van der Waals surface area contributed by atoms with Crippen molar-refractivity contribution < 1.29 is 0 Å². The molecule has 0 fully saturated rings. The van der Waals surface area contributed by atoms with Crippen LogP contribution in [0, 0.1) is 0 Å². The van der Waals surface area contributed by atoms with Crippen molar-refractivity contribution in [1.82, 2.24) is 14.9 Å². The lowest BCUT2D eigenvalue weighted by atomic mass is 10.1. The minimum absolute atomic E-state index is 0.559. The Morgan fingerprint density at radius 2 is 2.00 bits per heavy atom. The number of aromatic nitrogens is 2. The van der Waals surface area contributed by atoms with E-state index in [-0.39, 0.29) is 0 Å². The van der Waals surface area contributed by atoms with Gasteiger partial charge in [0.2, 0.25) is 0 Å². The van der Waals surface area contributed by atoms with Gasteiger partial charge in [0, 0.05) is 25.5 Å². The Balaban J connectivity index is 1.61. The maximum atomic E-state index is 4.33. The molecule has 0 bridgehead atoms. The molecule has 0 aliphatic heterocycles. The topological polar surface area (TPSA) is 29.9 Å². The molecule has 3 nitrogen and oxygen atoms in total. The molecule has 0 spiro atoms. The fraction of sp³-hybridized carbons (Fsp3) is 0.357. The first-order valence-electron chi connectivity index (χ1n) is 6.09. The van der Waals surface area contributed by atoms with Crippen molar-refractivity contribution in [3.63, 3.8) is 0 Å². The highest BCUT2D eigenvalue weighted by molar-refractivity contribution is 5.33. The third kappa shape index (κ3) is 2.11. The summed E-state index contributed by atoms with van der Waals surface area (Å²) >= 11 is 0. The average Bonchev–Trinajstić information content (AvgIpc) is 2.92. The second-order valence-electron chi connectivity index (χ2n) is 4.71. The summed E-state index contributed by atoms with van der Waals surface area (Å²) in [4.78, 5) is 4.33. The predicted molar refractivity (Wildman–Crippen MR) is 67.7 cm³/mol. The molecule has 1 aliphatic rings. The molecule has 1 heterocycles. The number of fused-ring (bicyclic) bond motifs is 1. The van der Waals surface area contributed by atoms with Gasteiger partial charge in [0.05, 0.1) is 6.54 Å². The van der Waals surface area contributed by atoms with Crippen molar-refractivity contribution >= 4 is 0 Å². The van der Waals surface area contributed by atoms with Crippen molar-refractivity contribution in [1.29, 1.82) is 0 Å². The normalized spacial score (nSPS) is 15.1. The summed E-state index contributed by atoms with van der Waals surface area (Å²) in [6.45, 7) is 0.849. The summed E-state index contributed by atoms with van der Waals surface area (Å²) in [5.41, 5.74) is 2.98. The summed E-state index contributed by atoms with van der Waals surface area (Å²) < 4.78 is 2.06. The number of hydrogen-bond donors (Lipinski definition) is 1. The molecule has 3 heteroatoms. The van der Waals surface area contributed by atoms with Gasteiger partial charge in [0.15, 0.2) is 0 Å². The van der Waals surface area contributed by atoms with Gasteiger partial charge in [-0.1, -0.05) is 24.3 Å². The summed E-state index contributed by atoms with van der Waals surface area (Å²) in [6.07, 6.45) is 6.11. The van der Waals surface area contributed by atoms with Crippen LogP contribution in [0.5, 0.6) is 0 Å². The Kier molecular flexibility index (Phi) is 2.69. The molecule has 0 atom stereocenters. The van der Waals surface area contributed by atoms with Gasteiger partial charge in [0.25, 0.3) is 0 Å². The lowest BCUT2D eigenvalue weighted by molar-refractivity contribution is 0.514. The van der Waals surface area contributed by atoms with Crippen molar-refractivity contribution in [2.75, 3.05) is 0 Å². The number of nitrogens with one attached hydrogen (secondary N) is 1.